The highest BCUT2D eigenvalue weighted by Crippen LogP contribution is 2.15. The van der Waals surface area contributed by atoms with Crippen molar-refractivity contribution >= 4 is 40.5 Å². The second kappa shape index (κ2) is 7.63. The predicted molar refractivity (Wildman–Crippen MR) is 97.8 cm³/mol. The van der Waals surface area contributed by atoms with Crippen molar-refractivity contribution in [3.8, 4) is 0 Å². The lowest BCUT2D eigenvalue weighted by atomic mass is 10.2. The molecule has 1 heterocycles. The summed E-state index contributed by atoms with van der Waals surface area (Å²) in [6.07, 6.45) is 3.35. The number of hydrogen-bond acceptors (Lipinski definition) is 3. The average Bonchev–Trinajstić information content (AvgIpc) is 3.03. The Morgan fingerprint density at radius 3 is 2.72 bits per heavy atom. The number of benzene rings is 2. The van der Waals surface area contributed by atoms with Gasteiger partial charge in [0, 0.05) is 22.7 Å². The second-order valence-electron chi connectivity index (χ2n) is 5.25. The Balaban J connectivity index is 1.53. The molecule has 1 aromatic heterocycles. The van der Waals surface area contributed by atoms with Gasteiger partial charge < -0.3 is 10.3 Å². The minimum absolute atomic E-state index is 0.199. The highest BCUT2D eigenvalue weighted by Gasteiger charge is 2.10. The summed E-state index contributed by atoms with van der Waals surface area (Å²) >= 11 is 5.93. The zero-order valence-corrected chi connectivity index (χ0v) is 13.9. The highest BCUT2D eigenvalue weighted by atomic mass is 35.5. The summed E-state index contributed by atoms with van der Waals surface area (Å²) in [6, 6.07) is 14.4. The number of carbonyl (C=O) groups is 2. The fourth-order valence-corrected chi connectivity index (χ4v) is 2.54. The molecule has 0 atom stereocenters. The number of para-hydroxylation sites is 1. The number of amides is 2. The predicted octanol–water partition coefficient (Wildman–Crippen LogP) is 2.70. The minimum atomic E-state index is -0.434. The molecule has 3 aromatic rings. The molecule has 7 heteroatoms. The topological polar surface area (TPSA) is 86.3 Å². The minimum Gasteiger partial charge on any atom is -0.361 e. The molecule has 126 valence electrons. The fourth-order valence-electron chi connectivity index (χ4n) is 2.32. The van der Waals surface area contributed by atoms with E-state index in [9.17, 15) is 9.59 Å². The lowest BCUT2D eigenvalue weighted by molar-refractivity contribution is -0.120. The normalized spacial score (nSPS) is 10.9. The number of hydrazone groups is 1. The molecule has 0 radical (unpaired) electrons. The second-order valence-corrected chi connectivity index (χ2v) is 5.65. The maximum absolute atomic E-state index is 12.0. The Morgan fingerprint density at radius 1 is 1.12 bits per heavy atom. The first-order chi connectivity index (χ1) is 12.1. The van der Waals surface area contributed by atoms with E-state index in [0.29, 0.717) is 10.6 Å². The van der Waals surface area contributed by atoms with Crippen LogP contribution in [0.2, 0.25) is 5.02 Å². The Labute approximate surface area is 148 Å². The van der Waals surface area contributed by atoms with Gasteiger partial charge in [0.2, 0.25) is 0 Å². The molecule has 2 aromatic carbocycles. The molecule has 3 rings (SSSR count). The molecule has 6 nitrogen and oxygen atoms in total. The number of halogens is 1. The third-order valence-corrected chi connectivity index (χ3v) is 3.87. The van der Waals surface area contributed by atoms with Crippen LogP contribution in [0.4, 0.5) is 0 Å². The number of aromatic amines is 1. The standard InChI is InChI=1S/C18H15ClN4O2/c19-15-7-3-1-6-14(15)18(25)21-11-17(24)23-22-10-12-9-20-16-8-4-2-5-13(12)16/h1-10,20H,11H2,(H,21,25)(H,23,24). The summed E-state index contributed by atoms with van der Waals surface area (Å²) in [6.45, 7) is -0.199. The molecular weight excluding hydrogens is 340 g/mol. The number of hydrogen-bond donors (Lipinski definition) is 3. The summed E-state index contributed by atoms with van der Waals surface area (Å²) < 4.78 is 0. The van der Waals surface area contributed by atoms with Gasteiger partial charge in [0.1, 0.15) is 0 Å². The van der Waals surface area contributed by atoms with Gasteiger partial charge >= 0.3 is 0 Å². The Bertz CT molecular complexity index is 949. The van der Waals surface area contributed by atoms with Gasteiger partial charge in [-0.15, -0.1) is 0 Å². The summed E-state index contributed by atoms with van der Waals surface area (Å²) in [5, 5.41) is 7.75. The van der Waals surface area contributed by atoms with Gasteiger partial charge in [-0.05, 0) is 18.2 Å². The van der Waals surface area contributed by atoms with Gasteiger partial charge in [-0.25, -0.2) is 5.43 Å². The van der Waals surface area contributed by atoms with E-state index < -0.39 is 11.8 Å². The van der Waals surface area contributed by atoms with Crippen LogP contribution in [-0.4, -0.2) is 29.6 Å². The van der Waals surface area contributed by atoms with Crippen LogP contribution in [0, 0.1) is 0 Å². The van der Waals surface area contributed by atoms with Gasteiger partial charge in [-0.2, -0.15) is 5.10 Å². The average molecular weight is 355 g/mol. The third kappa shape index (κ3) is 4.05. The molecule has 0 aliphatic heterocycles. The van der Waals surface area contributed by atoms with E-state index in [4.69, 9.17) is 11.6 Å². The molecule has 2 amide bonds. The maximum atomic E-state index is 12.0. The molecule has 0 unspecified atom stereocenters. The number of nitrogens with zero attached hydrogens (tertiary/aromatic N) is 1. The number of fused-ring (bicyclic) bond motifs is 1. The number of H-pyrrole nitrogens is 1. The van der Waals surface area contributed by atoms with Gasteiger partial charge in [0.15, 0.2) is 0 Å². The van der Waals surface area contributed by atoms with Crippen molar-refractivity contribution in [3.05, 3.63) is 70.9 Å². The van der Waals surface area contributed by atoms with Crippen molar-refractivity contribution < 1.29 is 9.59 Å². The van der Waals surface area contributed by atoms with Crippen molar-refractivity contribution in [1.29, 1.82) is 0 Å². The van der Waals surface area contributed by atoms with Gasteiger partial charge in [-0.1, -0.05) is 41.9 Å². The van der Waals surface area contributed by atoms with E-state index in [2.05, 4.69) is 20.8 Å². The number of aromatic nitrogens is 1. The van der Waals surface area contributed by atoms with E-state index in [1.54, 1.807) is 36.7 Å². The van der Waals surface area contributed by atoms with E-state index in [-0.39, 0.29) is 6.54 Å². The van der Waals surface area contributed by atoms with E-state index in [0.717, 1.165) is 16.5 Å². The van der Waals surface area contributed by atoms with E-state index in [1.807, 2.05) is 24.3 Å². The van der Waals surface area contributed by atoms with Crippen LogP contribution in [0.25, 0.3) is 10.9 Å². The van der Waals surface area contributed by atoms with Gasteiger partial charge in [-0.3, -0.25) is 9.59 Å². The molecule has 25 heavy (non-hydrogen) atoms. The molecule has 0 saturated heterocycles. The van der Waals surface area contributed by atoms with E-state index in [1.165, 1.54) is 0 Å². The third-order valence-electron chi connectivity index (χ3n) is 3.54. The molecule has 0 fully saturated rings. The van der Waals surface area contributed by atoms with Crippen LogP contribution in [0.5, 0.6) is 0 Å². The Morgan fingerprint density at radius 2 is 1.88 bits per heavy atom. The monoisotopic (exact) mass is 354 g/mol. The van der Waals surface area contributed by atoms with E-state index >= 15 is 0 Å². The largest absolute Gasteiger partial charge is 0.361 e. The van der Waals surface area contributed by atoms with Crippen molar-refractivity contribution in [2.75, 3.05) is 6.54 Å². The quantitative estimate of drug-likeness (QED) is 0.486. The van der Waals surface area contributed by atoms with Crippen molar-refractivity contribution in [3.63, 3.8) is 0 Å². The maximum Gasteiger partial charge on any atom is 0.259 e. The molecular formula is C18H15ClN4O2. The van der Waals surface area contributed by atoms with Gasteiger partial charge in [0.25, 0.3) is 11.8 Å². The van der Waals surface area contributed by atoms with Crippen molar-refractivity contribution in [2.24, 2.45) is 5.10 Å². The fraction of sp³-hybridized carbons (Fsp3) is 0.0556. The number of nitrogens with one attached hydrogen (secondary N) is 3. The number of rotatable bonds is 5. The lowest BCUT2D eigenvalue weighted by Crippen LogP contribution is -2.35. The molecule has 0 aliphatic rings. The first-order valence-electron chi connectivity index (χ1n) is 7.56. The Hall–Kier alpha value is -3.12. The van der Waals surface area contributed by atoms with Crippen LogP contribution in [0.3, 0.4) is 0 Å². The zero-order valence-electron chi connectivity index (χ0n) is 13.1. The highest BCUT2D eigenvalue weighted by molar-refractivity contribution is 6.33. The first kappa shape index (κ1) is 16.7. The van der Waals surface area contributed by atoms with Crippen LogP contribution in [0.1, 0.15) is 15.9 Å². The van der Waals surface area contributed by atoms with Crippen LogP contribution >= 0.6 is 11.6 Å². The van der Waals surface area contributed by atoms with Gasteiger partial charge in [0.05, 0.1) is 23.3 Å². The van der Waals surface area contributed by atoms with Crippen LogP contribution in [0.15, 0.2) is 59.8 Å². The summed E-state index contributed by atoms with van der Waals surface area (Å²) in [4.78, 5) is 26.9. The zero-order chi connectivity index (χ0) is 17.6. The molecule has 0 bridgehead atoms. The van der Waals surface area contributed by atoms with Crippen LogP contribution in [-0.2, 0) is 4.79 Å². The SMILES string of the molecule is O=C(CNC(=O)c1ccccc1Cl)NN=Cc1c[nH]c2ccccc12. The summed E-state index contributed by atoms with van der Waals surface area (Å²) in [7, 11) is 0. The van der Waals surface area contributed by atoms with Crippen molar-refractivity contribution in [1.82, 2.24) is 15.7 Å². The Kier molecular flexibility index (Phi) is 5.11. The molecule has 3 N–H and O–H groups in total. The molecule has 0 spiro atoms. The molecule has 0 saturated carbocycles. The lowest BCUT2D eigenvalue weighted by Gasteiger charge is -2.05. The van der Waals surface area contributed by atoms with Crippen molar-refractivity contribution in [2.45, 2.75) is 0 Å². The smallest absolute Gasteiger partial charge is 0.259 e. The summed E-state index contributed by atoms with van der Waals surface area (Å²) in [5.74, 6) is -0.849. The summed E-state index contributed by atoms with van der Waals surface area (Å²) in [5.41, 5.74) is 4.54. The van der Waals surface area contributed by atoms with Crippen LogP contribution < -0.4 is 10.7 Å². The first-order valence-corrected chi connectivity index (χ1v) is 7.93. The molecule has 0 aliphatic carbocycles. The number of carbonyl (C=O) groups excluding carboxylic acids is 2.